The summed E-state index contributed by atoms with van der Waals surface area (Å²) in [4.78, 5) is 0. The summed E-state index contributed by atoms with van der Waals surface area (Å²) in [5, 5.41) is -2.55. The lowest BCUT2D eigenvalue weighted by molar-refractivity contribution is -0.284. The van der Waals surface area contributed by atoms with Gasteiger partial charge in [-0.2, -0.15) is 26.3 Å². The van der Waals surface area contributed by atoms with Crippen molar-refractivity contribution in [2.24, 2.45) is 5.92 Å². The molecule has 0 aliphatic carbocycles. The Morgan fingerprint density at radius 2 is 1.55 bits per heavy atom. The van der Waals surface area contributed by atoms with Gasteiger partial charge in [-0.25, -0.2) is 4.39 Å². The predicted octanol–water partition coefficient (Wildman–Crippen LogP) is 4.86. The zero-order valence-electron chi connectivity index (χ0n) is 9.82. The van der Waals surface area contributed by atoms with E-state index in [-0.39, 0.29) is 5.75 Å². The van der Waals surface area contributed by atoms with Crippen molar-refractivity contribution in [2.45, 2.75) is 17.7 Å². The molecule has 0 aromatic heterocycles. The Morgan fingerprint density at radius 3 is 1.95 bits per heavy atom. The number of halogens is 8. The van der Waals surface area contributed by atoms with E-state index in [1.165, 1.54) is 0 Å². The van der Waals surface area contributed by atoms with Gasteiger partial charge in [0.25, 0.3) is 0 Å². The average Bonchev–Trinajstić information content (AvgIpc) is 2.24. The molecule has 1 aromatic carbocycles. The molecule has 20 heavy (non-hydrogen) atoms. The van der Waals surface area contributed by atoms with E-state index in [9.17, 15) is 30.7 Å². The van der Waals surface area contributed by atoms with Gasteiger partial charge in [-0.15, -0.1) is 11.6 Å². The number of methoxy groups -OCH3 is 1. The standard InChI is InChI=1S/C11H8ClF7O/c1-20-7-3-2-5(13)4-6(7)8(12)9(10(14,15)16)11(17,18)19/h2-4,8-9H,1H3. The lowest BCUT2D eigenvalue weighted by Crippen LogP contribution is -2.39. The van der Waals surface area contributed by atoms with E-state index >= 15 is 0 Å². The highest BCUT2D eigenvalue weighted by atomic mass is 35.5. The number of hydrogen-bond acceptors (Lipinski definition) is 1. The lowest BCUT2D eigenvalue weighted by atomic mass is 9.96. The van der Waals surface area contributed by atoms with Crippen molar-refractivity contribution in [2.75, 3.05) is 7.11 Å². The van der Waals surface area contributed by atoms with E-state index in [1.54, 1.807) is 0 Å². The normalized spacial score (nSPS) is 14.5. The van der Waals surface area contributed by atoms with Gasteiger partial charge in [0.1, 0.15) is 11.6 Å². The number of ether oxygens (including phenoxy) is 1. The van der Waals surface area contributed by atoms with Crippen molar-refractivity contribution < 1.29 is 35.5 Å². The fraction of sp³-hybridized carbons (Fsp3) is 0.455. The molecule has 0 fully saturated rings. The number of hydrogen-bond donors (Lipinski definition) is 0. The minimum atomic E-state index is -5.62. The summed E-state index contributed by atoms with van der Waals surface area (Å²) in [6.07, 6.45) is -11.2. The van der Waals surface area contributed by atoms with Crippen molar-refractivity contribution in [3.8, 4) is 5.75 Å². The van der Waals surface area contributed by atoms with Gasteiger partial charge < -0.3 is 4.74 Å². The van der Waals surface area contributed by atoms with Crippen LogP contribution in [0.2, 0.25) is 0 Å². The van der Waals surface area contributed by atoms with Crippen LogP contribution in [0.15, 0.2) is 18.2 Å². The molecule has 0 aliphatic rings. The second-order valence-corrected chi connectivity index (χ2v) is 4.32. The van der Waals surface area contributed by atoms with Crippen molar-refractivity contribution in [3.05, 3.63) is 29.6 Å². The smallest absolute Gasteiger partial charge is 0.402 e. The summed E-state index contributed by atoms with van der Waals surface area (Å²) >= 11 is 5.31. The molecule has 1 aromatic rings. The maximum atomic E-state index is 13.0. The SMILES string of the molecule is COc1ccc(F)cc1C(Cl)C(C(F)(F)F)C(F)(F)F. The van der Waals surface area contributed by atoms with E-state index in [0.29, 0.717) is 6.07 Å². The van der Waals surface area contributed by atoms with Crippen LogP contribution in [0.5, 0.6) is 5.75 Å². The Morgan fingerprint density at radius 1 is 1.05 bits per heavy atom. The molecule has 0 heterocycles. The molecule has 0 radical (unpaired) electrons. The molecule has 0 saturated carbocycles. The largest absolute Gasteiger partial charge is 0.496 e. The van der Waals surface area contributed by atoms with E-state index < -0.39 is 35.0 Å². The van der Waals surface area contributed by atoms with Crippen LogP contribution in [0.3, 0.4) is 0 Å². The highest BCUT2D eigenvalue weighted by Crippen LogP contribution is 2.50. The third kappa shape index (κ3) is 3.68. The minimum absolute atomic E-state index is 0.357. The summed E-state index contributed by atoms with van der Waals surface area (Å²) in [6, 6.07) is 2.23. The molecule has 0 N–H and O–H groups in total. The van der Waals surface area contributed by atoms with Crippen LogP contribution < -0.4 is 4.74 Å². The van der Waals surface area contributed by atoms with Crippen LogP contribution >= 0.6 is 11.6 Å². The van der Waals surface area contributed by atoms with Gasteiger partial charge in [0, 0.05) is 5.56 Å². The highest BCUT2D eigenvalue weighted by molar-refractivity contribution is 6.21. The van der Waals surface area contributed by atoms with Gasteiger partial charge in [-0.05, 0) is 18.2 Å². The second-order valence-electron chi connectivity index (χ2n) is 3.85. The van der Waals surface area contributed by atoms with Crippen molar-refractivity contribution in [3.63, 3.8) is 0 Å². The van der Waals surface area contributed by atoms with Gasteiger partial charge in [0.05, 0.1) is 12.5 Å². The zero-order valence-corrected chi connectivity index (χ0v) is 10.6. The van der Waals surface area contributed by atoms with Gasteiger partial charge in [-0.3, -0.25) is 0 Å². The van der Waals surface area contributed by atoms with Crippen molar-refractivity contribution >= 4 is 11.6 Å². The Labute approximate surface area is 114 Å². The van der Waals surface area contributed by atoms with Crippen molar-refractivity contribution in [1.29, 1.82) is 0 Å². The first-order valence-electron chi connectivity index (χ1n) is 5.09. The Balaban J connectivity index is 3.33. The first-order chi connectivity index (χ1) is 8.98. The van der Waals surface area contributed by atoms with Crippen LogP contribution in [0.1, 0.15) is 10.9 Å². The van der Waals surface area contributed by atoms with Gasteiger partial charge in [-0.1, -0.05) is 0 Å². The minimum Gasteiger partial charge on any atom is -0.496 e. The monoisotopic (exact) mass is 324 g/mol. The molecule has 0 spiro atoms. The lowest BCUT2D eigenvalue weighted by Gasteiger charge is -2.27. The third-order valence-electron chi connectivity index (χ3n) is 2.49. The van der Waals surface area contributed by atoms with Gasteiger partial charge in [0.2, 0.25) is 0 Å². The average molecular weight is 325 g/mol. The molecule has 0 bridgehead atoms. The Kier molecular flexibility index (Phi) is 4.78. The highest BCUT2D eigenvalue weighted by Gasteiger charge is 2.60. The van der Waals surface area contributed by atoms with Gasteiger partial charge in [0.15, 0.2) is 5.92 Å². The van der Waals surface area contributed by atoms with Crippen LogP contribution in [-0.2, 0) is 0 Å². The predicted molar refractivity (Wildman–Crippen MR) is 57.1 cm³/mol. The summed E-state index contributed by atoms with van der Waals surface area (Å²) in [6.45, 7) is 0. The topological polar surface area (TPSA) is 9.23 Å². The quantitative estimate of drug-likeness (QED) is 0.570. The van der Waals surface area contributed by atoms with Crippen LogP contribution in [-0.4, -0.2) is 19.5 Å². The fourth-order valence-electron chi connectivity index (χ4n) is 1.62. The molecule has 0 aliphatic heterocycles. The maximum Gasteiger partial charge on any atom is 0.402 e. The maximum absolute atomic E-state index is 13.0. The van der Waals surface area contributed by atoms with Crippen LogP contribution in [0, 0.1) is 11.7 Å². The van der Waals surface area contributed by atoms with E-state index in [2.05, 4.69) is 4.74 Å². The van der Waals surface area contributed by atoms with E-state index in [0.717, 1.165) is 19.2 Å². The van der Waals surface area contributed by atoms with Crippen LogP contribution in [0.4, 0.5) is 30.7 Å². The molecule has 1 nitrogen and oxygen atoms in total. The molecule has 1 rings (SSSR count). The first kappa shape index (κ1) is 16.9. The Bertz CT molecular complexity index is 455. The summed E-state index contributed by atoms with van der Waals surface area (Å²) < 4.78 is 92.9. The summed E-state index contributed by atoms with van der Waals surface area (Å²) in [5.41, 5.74) is -0.714. The third-order valence-corrected chi connectivity index (χ3v) is 2.97. The molecule has 9 heteroatoms. The van der Waals surface area contributed by atoms with Crippen molar-refractivity contribution in [1.82, 2.24) is 0 Å². The van der Waals surface area contributed by atoms with Gasteiger partial charge >= 0.3 is 12.4 Å². The second kappa shape index (κ2) is 5.67. The Hall–Kier alpha value is -1.18. The fourth-order valence-corrected chi connectivity index (χ4v) is 2.07. The molecule has 1 unspecified atom stereocenters. The summed E-state index contributed by atoms with van der Waals surface area (Å²) in [5.74, 6) is -5.20. The molecule has 1 atom stereocenters. The van der Waals surface area contributed by atoms with E-state index in [1.807, 2.05) is 0 Å². The molecular formula is C11H8ClF7O. The summed E-state index contributed by atoms with van der Waals surface area (Å²) in [7, 11) is 1.02. The van der Waals surface area contributed by atoms with E-state index in [4.69, 9.17) is 11.6 Å². The number of rotatable bonds is 3. The number of benzene rings is 1. The zero-order chi connectivity index (χ0) is 15.7. The first-order valence-corrected chi connectivity index (χ1v) is 5.53. The molecule has 0 saturated heterocycles. The molecule has 0 amide bonds. The molecular weight excluding hydrogens is 317 g/mol. The number of alkyl halides is 7. The molecule has 114 valence electrons. The van der Waals surface area contributed by atoms with Crippen LogP contribution in [0.25, 0.3) is 0 Å².